The van der Waals surface area contributed by atoms with Crippen molar-refractivity contribution < 1.29 is 30.0 Å². The Morgan fingerprint density at radius 3 is 2.27 bits per heavy atom. The van der Waals surface area contributed by atoms with Crippen molar-refractivity contribution in [1.82, 2.24) is 14.5 Å². The Labute approximate surface area is 329 Å². The van der Waals surface area contributed by atoms with E-state index in [4.69, 9.17) is 14.9 Å². The molecule has 1 radical (unpaired) electrons. The van der Waals surface area contributed by atoms with Crippen LogP contribution in [-0.2, 0) is 20.1 Å². The van der Waals surface area contributed by atoms with Gasteiger partial charge in [-0.05, 0) is 50.1 Å². The summed E-state index contributed by atoms with van der Waals surface area (Å²) in [4.78, 5) is 9.63. The molecule has 6 heteroatoms. The predicted octanol–water partition coefficient (Wildman–Crippen LogP) is 11.8. The van der Waals surface area contributed by atoms with Gasteiger partial charge in [-0.2, -0.15) is 0 Å². The van der Waals surface area contributed by atoms with E-state index in [2.05, 4.69) is 102 Å². The van der Waals surface area contributed by atoms with Crippen LogP contribution in [0.1, 0.15) is 53.0 Å². The SMILES string of the molecule is Cc1cc(C)c(-n2c(-c3[c-]ccc4c3oc3ccccc34)nc3ccccc32)c(C)c1.[2H]C([2H])([2H])c1c[c-]c(-c2cc(C([2H])(C)C)[c]([Ge]([CH3])([CH3])[CH3])cn2)cc1.[Ir]. The Balaban J connectivity index is 0.000000194. The van der Waals surface area contributed by atoms with E-state index >= 15 is 0 Å². The smallest absolute Gasteiger partial charge is 0 e. The van der Waals surface area contributed by atoms with Crippen LogP contribution in [0.3, 0.4) is 0 Å². The second kappa shape index (κ2) is 15.0. The maximum Gasteiger partial charge on any atom is 0 e. The fourth-order valence-corrected chi connectivity index (χ4v) is 10.3. The third-order valence-corrected chi connectivity index (χ3v) is 13.5. The van der Waals surface area contributed by atoms with E-state index in [0.29, 0.717) is 0 Å². The van der Waals surface area contributed by atoms with Gasteiger partial charge in [-0.15, -0.1) is 18.2 Å². The van der Waals surface area contributed by atoms with Crippen LogP contribution in [0.15, 0.2) is 108 Å². The number of hydrogen-bond acceptors (Lipinski definition) is 3. The van der Waals surface area contributed by atoms with Crippen LogP contribution < -0.4 is 4.40 Å². The summed E-state index contributed by atoms with van der Waals surface area (Å²) in [6.45, 7) is 8.13. The number of furan rings is 1. The number of nitrogens with zero attached hydrogens (tertiary/aromatic N) is 3. The number of benzene rings is 5. The van der Waals surface area contributed by atoms with E-state index in [1.165, 1.54) is 27.2 Å². The number of para-hydroxylation sites is 3. The summed E-state index contributed by atoms with van der Waals surface area (Å²) in [5.74, 6) is 7.03. The first-order valence-corrected chi connectivity index (χ1v) is 24.7. The Hall–Kier alpha value is -4.29. The fourth-order valence-electron chi connectivity index (χ4n) is 7.00. The largest absolute Gasteiger partial charge is 0 e. The number of fused-ring (bicyclic) bond motifs is 4. The first-order chi connectivity index (χ1) is 25.9. The van der Waals surface area contributed by atoms with Crippen molar-refractivity contribution in [1.29, 1.82) is 0 Å². The third-order valence-electron chi connectivity index (χ3n) is 9.32. The van der Waals surface area contributed by atoms with E-state index < -0.39 is 26.0 Å². The minimum atomic E-state index is -2.14. The molecule has 0 fully saturated rings. The van der Waals surface area contributed by atoms with Crippen LogP contribution in [0.2, 0.25) is 17.3 Å². The molecule has 52 heavy (non-hydrogen) atoms. The molecule has 0 spiro atoms. The standard InChI is InChI=1S/C28H21N2O.C18H24GeN.Ir/c1-17-15-18(2)26(19(3)16-17)30-24-13-6-5-12-23(24)29-28(30)22-11-8-10-21-20-9-4-7-14-25(20)31-27(21)22;1-13(2)16-11-18(15-9-7-14(3)8-10-15)20-12-17(16)19(4,5)6;/h4-10,12-16H,1-3H3;7-9,11-13H,1-6H3;/q2*-1;/i;3D3,13D;. The summed E-state index contributed by atoms with van der Waals surface area (Å²) >= 11 is -2.14. The number of hydrogen-bond donors (Lipinski definition) is 0. The van der Waals surface area contributed by atoms with Gasteiger partial charge in [-0.1, -0.05) is 59.0 Å². The van der Waals surface area contributed by atoms with E-state index in [-0.39, 0.29) is 25.7 Å². The van der Waals surface area contributed by atoms with Crippen molar-refractivity contribution in [3.05, 3.63) is 143 Å². The van der Waals surface area contributed by atoms with Gasteiger partial charge in [-0.3, -0.25) is 4.98 Å². The van der Waals surface area contributed by atoms with Gasteiger partial charge < -0.3 is 8.98 Å². The summed E-state index contributed by atoms with van der Waals surface area (Å²) in [6.07, 6.45) is 1.91. The number of aromatic nitrogens is 3. The molecule has 0 N–H and O–H groups in total. The van der Waals surface area contributed by atoms with Gasteiger partial charge in [0.2, 0.25) is 0 Å². The molecule has 0 saturated heterocycles. The van der Waals surface area contributed by atoms with Gasteiger partial charge in [0.1, 0.15) is 5.58 Å². The molecule has 8 aromatic rings. The van der Waals surface area contributed by atoms with Crippen LogP contribution >= 0.6 is 0 Å². The quantitative estimate of drug-likeness (QED) is 0.128. The van der Waals surface area contributed by atoms with Crippen LogP contribution in [0.25, 0.3) is 61.3 Å². The van der Waals surface area contributed by atoms with Crippen molar-refractivity contribution >= 4 is 50.6 Å². The number of rotatable bonds is 5. The molecule has 265 valence electrons. The minimum absolute atomic E-state index is 0. The first-order valence-electron chi connectivity index (χ1n) is 19.3. The molecule has 0 saturated carbocycles. The molecule has 0 aliphatic carbocycles. The van der Waals surface area contributed by atoms with Gasteiger partial charge in [0.15, 0.2) is 0 Å². The van der Waals surface area contributed by atoms with E-state index in [9.17, 15) is 0 Å². The predicted molar refractivity (Wildman–Crippen MR) is 217 cm³/mol. The number of pyridine rings is 1. The van der Waals surface area contributed by atoms with Crippen molar-refractivity contribution in [2.45, 2.75) is 64.6 Å². The Morgan fingerprint density at radius 2 is 1.58 bits per heavy atom. The molecule has 0 aliphatic heterocycles. The van der Waals surface area contributed by atoms with Crippen molar-refractivity contribution in [3.63, 3.8) is 0 Å². The molecular formula is C46H45GeIrN3O-2. The molecule has 8 rings (SSSR count). The van der Waals surface area contributed by atoms with E-state index in [1.807, 2.05) is 56.4 Å². The normalized spacial score (nSPS) is 13.2. The van der Waals surface area contributed by atoms with E-state index in [1.54, 1.807) is 12.1 Å². The molecular weight excluding hydrogens is 875 g/mol. The van der Waals surface area contributed by atoms with Gasteiger partial charge in [0, 0.05) is 31.2 Å². The second-order valence-electron chi connectivity index (χ2n) is 14.6. The van der Waals surface area contributed by atoms with Gasteiger partial charge in [0.25, 0.3) is 0 Å². The summed E-state index contributed by atoms with van der Waals surface area (Å²) in [6, 6.07) is 38.2. The Bertz CT molecular complexity index is 2680. The first kappa shape index (κ1) is 32.4. The number of imidazole rings is 1. The zero-order chi connectivity index (χ0) is 39.4. The van der Waals surface area contributed by atoms with Crippen LogP contribution in [0, 0.1) is 39.8 Å². The second-order valence-corrected chi connectivity index (χ2v) is 25.1. The molecule has 5 aromatic carbocycles. The van der Waals surface area contributed by atoms with Crippen molar-refractivity contribution in [3.8, 4) is 28.3 Å². The van der Waals surface area contributed by atoms with Crippen LogP contribution in [0.5, 0.6) is 0 Å². The fraction of sp³-hybridized carbons (Fsp3) is 0.217. The molecule has 0 aliphatic rings. The van der Waals surface area contributed by atoms with Crippen LogP contribution in [-0.4, -0.2) is 27.8 Å². The maximum absolute atomic E-state index is 8.49. The van der Waals surface area contributed by atoms with Gasteiger partial charge in [-0.25, -0.2) is 0 Å². The molecule has 0 bridgehead atoms. The molecule has 3 heterocycles. The molecule has 3 aromatic heterocycles. The topological polar surface area (TPSA) is 43.9 Å². The van der Waals surface area contributed by atoms with Crippen molar-refractivity contribution in [2.75, 3.05) is 0 Å². The molecule has 4 nitrogen and oxygen atoms in total. The third kappa shape index (κ3) is 7.19. The van der Waals surface area contributed by atoms with Crippen molar-refractivity contribution in [2.24, 2.45) is 0 Å². The molecule has 0 atom stereocenters. The Morgan fingerprint density at radius 1 is 0.846 bits per heavy atom. The summed E-state index contributed by atoms with van der Waals surface area (Å²) in [7, 11) is 0. The Kier molecular flexibility index (Phi) is 9.33. The minimum Gasteiger partial charge on any atom is 0 e. The summed E-state index contributed by atoms with van der Waals surface area (Å²) < 4.78 is 40.6. The maximum atomic E-state index is 8.49. The molecule has 0 amide bonds. The van der Waals surface area contributed by atoms with Crippen LogP contribution in [0.4, 0.5) is 0 Å². The summed E-state index contributed by atoms with van der Waals surface area (Å²) in [5.41, 5.74) is 12.2. The van der Waals surface area contributed by atoms with Gasteiger partial charge in [0.05, 0.1) is 22.4 Å². The zero-order valence-electron chi connectivity index (χ0n) is 34.9. The monoisotopic (exact) mass is 926 g/mol. The molecule has 0 unspecified atom stereocenters. The summed E-state index contributed by atoms with van der Waals surface area (Å²) in [5, 5.41) is 2.19. The van der Waals surface area contributed by atoms with E-state index in [0.717, 1.165) is 66.9 Å². The average Bonchev–Trinajstić information content (AvgIpc) is 3.69. The average molecular weight is 925 g/mol. The zero-order valence-corrected chi connectivity index (χ0v) is 35.4. The van der Waals surface area contributed by atoms with Gasteiger partial charge >= 0.3 is 131 Å². The number of aryl methyl sites for hydroxylation is 4.